The predicted octanol–water partition coefficient (Wildman–Crippen LogP) is 17.4. The summed E-state index contributed by atoms with van der Waals surface area (Å²) < 4.78 is 7.79. The molecule has 0 amide bonds. The van der Waals surface area contributed by atoms with Crippen molar-refractivity contribution in [2.75, 3.05) is 9.80 Å². The summed E-state index contributed by atoms with van der Waals surface area (Å²) in [5, 5.41) is 7.78. The molecular formula is C54H34N2S3. The largest absolute Gasteiger partial charge is 0.310 e. The van der Waals surface area contributed by atoms with Crippen molar-refractivity contribution in [3.63, 3.8) is 0 Å². The van der Waals surface area contributed by atoms with Crippen LogP contribution >= 0.6 is 34.0 Å². The van der Waals surface area contributed by atoms with Gasteiger partial charge >= 0.3 is 0 Å². The minimum atomic E-state index is 1.09. The van der Waals surface area contributed by atoms with Gasteiger partial charge in [0.1, 0.15) is 0 Å². The van der Waals surface area contributed by atoms with Crippen molar-refractivity contribution < 1.29 is 0 Å². The average Bonchev–Trinajstić information content (AvgIpc) is 3.98. The molecule has 0 bridgehead atoms. The first-order valence-corrected chi connectivity index (χ1v) is 22.3. The van der Waals surface area contributed by atoms with Crippen LogP contribution in [0.5, 0.6) is 0 Å². The summed E-state index contributed by atoms with van der Waals surface area (Å²) in [5.41, 5.74) is 8.97. The Morgan fingerprint density at radius 1 is 0.220 bits per heavy atom. The second-order valence-corrected chi connectivity index (χ2v) is 18.2. The van der Waals surface area contributed by atoms with Gasteiger partial charge in [0.25, 0.3) is 0 Å². The van der Waals surface area contributed by atoms with Gasteiger partial charge in [0.15, 0.2) is 0 Å². The predicted molar refractivity (Wildman–Crippen MR) is 260 cm³/mol. The Morgan fingerprint density at radius 2 is 0.644 bits per heavy atom. The first kappa shape index (κ1) is 34.3. The van der Waals surface area contributed by atoms with Crippen LogP contribution in [0.4, 0.5) is 34.1 Å². The van der Waals surface area contributed by atoms with Gasteiger partial charge in [-0.15, -0.1) is 34.0 Å². The standard InChI is InChI=1S/C54H34N2S3/c1-3-13-37(14-4-1)55(39-25-28-52-48(33-39)45-19-9-12-22-51(45)57-52)41-29-36(35-23-26-46-43-17-7-10-20-49(43)58-53(46)31-35)30-42(32-41)56(38-15-5-2-6-16-38)40-24-27-47-44-18-8-11-21-50(44)59-54(47)34-40/h1-34H. The van der Waals surface area contributed by atoms with Crippen LogP contribution in [0.2, 0.25) is 0 Å². The number of para-hydroxylation sites is 2. The van der Waals surface area contributed by atoms with Crippen LogP contribution in [0.1, 0.15) is 0 Å². The molecule has 0 aliphatic rings. The highest BCUT2D eigenvalue weighted by molar-refractivity contribution is 7.26. The van der Waals surface area contributed by atoms with E-state index in [4.69, 9.17) is 0 Å². The number of anilines is 6. The highest BCUT2D eigenvalue weighted by Crippen LogP contribution is 2.47. The molecule has 0 saturated carbocycles. The van der Waals surface area contributed by atoms with E-state index in [0.29, 0.717) is 0 Å². The van der Waals surface area contributed by atoms with Crippen LogP contribution < -0.4 is 9.80 Å². The fourth-order valence-corrected chi connectivity index (χ4v) is 12.1. The molecule has 0 unspecified atom stereocenters. The van der Waals surface area contributed by atoms with E-state index in [-0.39, 0.29) is 0 Å². The highest BCUT2D eigenvalue weighted by Gasteiger charge is 2.21. The summed E-state index contributed by atoms with van der Waals surface area (Å²) in [6.45, 7) is 0. The molecule has 12 rings (SSSR count). The summed E-state index contributed by atoms with van der Waals surface area (Å²) in [7, 11) is 0. The van der Waals surface area contributed by atoms with Crippen molar-refractivity contribution in [1.82, 2.24) is 0 Å². The molecule has 278 valence electrons. The van der Waals surface area contributed by atoms with Crippen LogP contribution in [-0.2, 0) is 0 Å². The molecule has 5 heteroatoms. The van der Waals surface area contributed by atoms with E-state index in [1.807, 2.05) is 34.0 Å². The van der Waals surface area contributed by atoms with Crippen molar-refractivity contribution in [2.45, 2.75) is 0 Å². The summed E-state index contributed by atoms with van der Waals surface area (Å²) >= 11 is 5.58. The molecule has 0 N–H and O–H groups in total. The lowest BCUT2D eigenvalue weighted by molar-refractivity contribution is 1.25. The Bertz CT molecular complexity index is 3530. The van der Waals surface area contributed by atoms with E-state index < -0.39 is 0 Å². The first-order chi connectivity index (χ1) is 29.2. The van der Waals surface area contributed by atoms with Crippen molar-refractivity contribution in [3.05, 3.63) is 206 Å². The lowest BCUT2D eigenvalue weighted by Crippen LogP contribution is -2.13. The Kier molecular flexibility index (Phi) is 8.12. The number of fused-ring (bicyclic) bond motifs is 9. The van der Waals surface area contributed by atoms with Crippen LogP contribution in [-0.4, -0.2) is 0 Å². The topological polar surface area (TPSA) is 6.48 Å². The zero-order valence-corrected chi connectivity index (χ0v) is 34.2. The zero-order valence-electron chi connectivity index (χ0n) is 31.7. The van der Waals surface area contributed by atoms with E-state index in [1.165, 1.54) is 66.1 Å². The second kappa shape index (κ2) is 14.0. The normalized spacial score (nSPS) is 11.7. The average molecular weight is 807 g/mol. The summed E-state index contributed by atoms with van der Waals surface area (Å²) in [5.74, 6) is 0. The third kappa shape index (κ3) is 5.89. The van der Waals surface area contributed by atoms with Crippen molar-refractivity contribution in [3.8, 4) is 11.1 Å². The molecule has 12 aromatic rings. The molecule has 0 atom stereocenters. The van der Waals surface area contributed by atoms with Gasteiger partial charge in [-0.2, -0.15) is 0 Å². The molecule has 59 heavy (non-hydrogen) atoms. The first-order valence-electron chi connectivity index (χ1n) is 19.8. The van der Waals surface area contributed by atoms with Gasteiger partial charge in [0.05, 0.1) is 0 Å². The van der Waals surface area contributed by atoms with E-state index in [1.54, 1.807) is 0 Å². The van der Waals surface area contributed by atoms with Crippen molar-refractivity contribution in [2.24, 2.45) is 0 Å². The minimum absolute atomic E-state index is 1.09. The maximum absolute atomic E-state index is 2.43. The molecule has 9 aromatic carbocycles. The van der Waals surface area contributed by atoms with Gasteiger partial charge in [-0.25, -0.2) is 0 Å². The fraction of sp³-hybridized carbons (Fsp3) is 0. The molecule has 3 aromatic heterocycles. The molecule has 0 radical (unpaired) electrons. The lowest BCUT2D eigenvalue weighted by atomic mass is 10.0. The molecule has 0 fully saturated rings. The van der Waals surface area contributed by atoms with E-state index >= 15 is 0 Å². The van der Waals surface area contributed by atoms with Gasteiger partial charge in [0, 0.05) is 94.6 Å². The van der Waals surface area contributed by atoms with Crippen LogP contribution in [0.3, 0.4) is 0 Å². The monoisotopic (exact) mass is 806 g/mol. The Labute approximate surface area is 353 Å². The lowest BCUT2D eigenvalue weighted by Gasteiger charge is -2.30. The van der Waals surface area contributed by atoms with E-state index in [0.717, 1.165) is 39.7 Å². The molecular weight excluding hydrogens is 773 g/mol. The van der Waals surface area contributed by atoms with Crippen LogP contribution in [0.15, 0.2) is 206 Å². The molecule has 0 aliphatic heterocycles. The van der Waals surface area contributed by atoms with E-state index in [9.17, 15) is 0 Å². The van der Waals surface area contributed by atoms with Gasteiger partial charge in [-0.3, -0.25) is 0 Å². The maximum Gasteiger partial charge on any atom is 0.0488 e. The minimum Gasteiger partial charge on any atom is -0.310 e. The number of benzene rings is 9. The molecule has 3 heterocycles. The Balaban J connectivity index is 1.12. The third-order valence-corrected chi connectivity index (χ3v) is 14.8. The number of hydrogen-bond acceptors (Lipinski definition) is 5. The highest BCUT2D eigenvalue weighted by atomic mass is 32.1. The van der Waals surface area contributed by atoms with Gasteiger partial charge in [0.2, 0.25) is 0 Å². The third-order valence-electron chi connectivity index (χ3n) is 11.4. The number of rotatable bonds is 7. The summed E-state index contributed by atoms with van der Waals surface area (Å²) in [6, 6.07) is 75.9. The quantitative estimate of drug-likeness (QED) is 0.158. The summed E-state index contributed by atoms with van der Waals surface area (Å²) in [6.07, 6.45) is 0. The van der Waals surface area contributed by atoms with Crippen molar-refractivity contribution in [1.29, 1.82) is 0 Å². The Morgan fingerprint density at radius 3 is 1.24 bits per heavy atom. The van der Waals surface area contributed by atoms with Gasteiger partial charge < -0.3 is 9.80 Å². The molecule has 0 saturated heterocycles. The van der Waals surface area contributed by atoms with Crippen molar-refractivity contribution >= 4 is 129 Å². The van der Waals surface area contributed by atoms with Gasteiger partial charge in [-0.1, -0.05) is 109 Å². The molecule has 0 aliphatic carbocycles. The number of nitrogens with zero attached hydrogens (tertiary/aromatic N) is 2. The van der Waals surface area contributed by atoms with Gasteiger partial charge in [-0.05, 0) is 108 Å². The zero-order chi connectivity index (χ0) is 38.9. The SMILES string of the molecule is c1ccc(N(c2cc(-c3ccc4c(c3)sc3ccccc34)cc(N(c3ccccc3)c3ccc4sc5ccccc5c4c3)c2)c2ccc3c(c2)sc2ccccc23)cc1. The smallest absolute Gasteiger partial charge is 0.0488 e. The van der Waals surface area contributed by atoms with E-state index in [2.05, 4.69) is 216 Å². The summed E-state index contributed by atoms with van der Waals surface area (Å²) in [4.78, 5) is 4.85. The van der Waals surface area contributed by atoms with Crippen LogP contribution in [0, 0.1) is 0 Å². The fourth-order valence-electron chi connectivity index (χ4n) is 8.68. The number of thiophene rings is 3. The molecule has 0 spiro atoms. The molecule has 2 nitrogen and oxygen atoms in total. The Hall–Kier alpha value is -6.76. The number of hydrogen-bond donors (Lipinski definition) is 0. The maximum atomic E-state index is 2.43. The van der Waals surface area contributed by atoms with Crippen LogP contribution in [0.25, 0.3) is 71.6 Å². The second-order valence-electron chi connectivity index (χ2n) is 14.9.